The Morgan fingerprint density at radius 1 is 1.60 bits per heavy atom. The second-order valence-electron chi connectivity index (χ2n) is 4.15. The van der Waals surface area contributed by atoms with Gasteiger partial charge in [-0.25, -0.2) is 0 Å². The van der Waals surface area contributed by atoms with Crippen molar-refractivity contribution in [2.75, 3.05) is 32.8 Å². The first-order valence-corrected chi connectivity index (χ1v) is 5.98. The van der Waals surface area contributed by atoms with Gasteiger partial charge in [0.1, 0.15) is 0 Å². The minimum absolute atomic E-state index is 0.467. The van der Waals surface area contributed by atoms with Crippen LogP contribution in [0.5, 0.6) is 0 Å². The third-order valence-corrected chi connectivity index (χ3v) is 2.72. The number of nitrogens with zero attached hydrogens (tertiary/aromatic N) is 1. The Morgan fingerprint density at radius 3 is 3.07 bits per heavy atom. The Labute approximate surface area is 97.4 Å². The van der Waals surface area contributed by atoms with E-state index in [0.717, 1.165) is 32.8 Å². The minimum atomic E-state index is 0.467. The Balaban J connectivity index is 2.35. The van der Waals surface area contributed by atoms with Crippen molar-refractivity contribution in [2.45, 2.75) is 25.9 Å². The average molecular weight is 233 g/mol. The molecule has 0 aliphatic carbocycles. The summed E-state index contributed by atoms with van der Waals surface area (Å²) in [6, 6.07) is 0.992. The zero-order valence-electron chi connectivity index (χ0n) is 9.58. The normalized spacial score (nSPS) is 24.1. The van der Waals surface area contributed by atoms with E-state index in [0.29, 0.717) is 12.1 Å². The molecule has 1 aliphatic heterocycles. The summed E-state index contributed by atoms with van der Waals surface area (Å²) in [4.78, 5) is 2.40. The maximum absolute atomic E-state index is 5.54. The quantitative estimate of drug-likeness (QED) is 0.777. The SMILES string of the molecule is CC(C)NCC1COCCN1C/C=C/Cl. The van der Waals surface area contributed by atoms with Crippen LogP contribution in [0, 0.1) is 0 Å². The minimum Gasteiger partial charge on any atom is -0.378 e. The Bertz CT molecular complexity index is 197. The van der Waals surface area contributed by atoms with Gasteiger partial charge < -0.3 is 10.1 Å². The summed E-state index contributed by atoms with van der Waals surface area (Å²) in [6.07, 6.45) is 1.98. The number of rotatable bonds is 5. The van der Waals surface area contributed by atoms with Gasteiger partial charge >= 0.3 is 0 Å². The average Bonchev–Trinajstić information content (AvgIpc) is 2.24. The highest BCUT2D eigenvalue weighted by atomic mass is 35.5. The molecule has 1 saturated heterocycles. The van der Waals surface area contributed by atoms with E-state index in [2.05, 4.69) is 24.1 Å². The number of hydrogen-bond acceptors (Lipinski definition) is 3. The molecule has 0 saturated carbocycles. The molecule has 88 valence electrons. The van der Waals surface area contributed by atoms with Gasteiger partial charge in [0.15, 0.2) is 0 Å². The molecule has 0 radical (unpaired) electrons. The van der Waals surface area contributed by atoms with E-state index in [1.165, 1.54) is 0 Å². The molecule has 3 nitrogen and oxygen atoms in total. The lowest BCUT2D eigenvalue weighted by molar-refractivity contribution is -0.00157. The van der Waals surface area contributed by atoms with Crippen LogP contribution < -0.4 is 5.32 Å². The van der Waals surface area contributed by atoms with Crippen LogP contribution in [-0.4, -0.2) is 49.8 Å². The molecule has 1 fully saturated rings. The fourth-order valence-electron chi connectivity index (χ4n) is 1.66. The summed E-state index contributed by atoms with van der Waals surface area (Å²) in [6.45, 7) is 8.85. The molecule has 4 heteroatoms. The Morgan fingerprint density at radius 2 is 2.40 bits per heavy atom. The highest BCUT2D eigenvalue weighted by Gasteiger charge is 2.21. The van der Waals surface area contributed by atoms with Crippen LogP contribution in [0.2, 0.25) is 0 Å². The summed E-state index contributed by atoms with van der Waals surface area (Å²) in [5.41, 5.74) is 1.59. The van der Waals surface area contributed by atoms with Gasteiger partial charge in [0.05, 0.1) is 13.2 Å². The van der Waals surface area contributed by atoms with Gasteiger partial charge in [0, 0.05) is 37.3 Å². The topological polar surface area (TPSA) is 24.5 Å². The Kier molecular flexibility index (Phi) is 6.25. The highest BCUT2D eigenvalue weighted by Crippen LogP contribution is 2.06. The van der Waals surface area contributed by atoms with Gasteiger partial charge in [0.25, 0.3) is 0 Å². The van der Waals surface area contributed by atoms with Gasteiger partial charge in [0.2, 0.25) is 0 Å². The van der Waals surface area contributed by atoms with E-state index < -0.39 is 0 Å². The first-order chi connectivity index (χ1) is 7.24. The molecule has 0 aromatic rings. The summed E-state index contributed by atoms with van der Waals surface area (Å²) in [5, 5.41) is 3.44. The number of ether oxygens (including phenoxy) is 1. The molecule has 0 amide bonds. The Hall–Kier alpha value is -0.0900. The molecular weight excluding hydrogens is 212 g/mol. The summed E-state index contributed by atoms with van der Waals surface area (Å²) in [5.74, 6) is 0. The number of halogens is 1. The molecule has 1 unspecified atom stereocenters. The van der Waals surface area contributed by atoms with Gasteiger partial charge in [-0.2, -0.15) is 0 Å². The largest absolute Gasteiger partial charge is 0.378 e. The van der Waals surface area contributed by atoms with Gasteiger partial charge in [-0.15, -0.1) is 0 Å². The van der Waals surface area contributed by atoms with Crippen molar-refractivity contribution in [1.29, 1.82) is 0 Å². The lowest BCUT2D eigenvalue weighted by atomic mass is 10.2. The van der Waals surface area contributed by atoms with Crippen molar-refractivity contribution in [1.82, 2.24) is 10.2 Å². The smallest absolute Gasteiger partial charge is 0.0635 e. The first kappa shape index (κ1) is 13.0. The zero-order chi connectivity index (χ0) is 11.1. The maximum Gasteiger partial charge on any atom is 0.0635 e. The third-order valence-electron chi connectivity index (χ3n) is 2.54. The summed E-state index contributed by atoms with van der Waals surface area (Å²) < 4.78 is 5.49. The first-order valence-electron chi connectivity index (χ1n) is 5.54. The number of nitrogens with one attached hydrogen (secondary N) is 1. The lowest BCUT2D eigenvalue weighted by Crippen LogP contribution is -2.51. The van der Waals surface area contributed by atoms with Crippen LogP contribution in [0.1, 0.15) is 13.8 Å². The second kappa shape index (κ2) is 7.23. The van der Waals surface area contributed by atoms with E-state index in [1.54, 1.807) is 5.54 Å². The molecule has 1 heterocycles. The molecule has 1 atom stereocenters. The number of hydrogen-bond donors (Lipinski definition) is 1. The van der Waals surface area contributed by atoms with Crippen molar-refractivity contribution in [3.63, 3.8) is 0 Å². The van der Waals surface area contributed by atoms with E-state index in [4.69, 9.17) is 16.3 Å². The monoisotopic (exact) mass is 232 g/mol. The van der Waals surface area contributed by atoms with Gasteiger partial charge in [-0.1, -0.05) is 31.5 Å². The van der Waals surface area contributed by atoms with Crippen LogP contribution >= 0.6 is 11.6 Å². The van der Waals surface area contributed by atoms with Gasteiger partial charge in [-0.3, -0.25) is 4.90 Å². The van der Waals surface area contributed by atoms with Crippen molar-refractivity contribution < 1.29 is 4.74 Å². The molecular formula is C11H21ClN2O. The van der Waals surface area contributed by atoms with Crippen LogP contribution in [0.15, 0.2) is 11.6 Å². The third kappa shape index (κ3) is 4.98. The molecule has 0 aromatic heterocycles. The molecule has 1 N–H and O–H groups in total. The van der Waals surface area contributed by atoms with Crippen LogP contribution in [-0.2, 0) is 4.74 Å². The van der Waals surface area contributed by atoms with Crippen LogP contribution in [0.4, 0.5) is 0 Å². The molecule has 0 bridgehead atoms. The summed E-state index contributed by atoms with van der Waals surface area (Å²) in [7, 11) is 0. The van der Waals surface area contributed by atoms with E-state index in [-0.39, 0.29) is 0 Å². The van der Waals surface area contributed by atoms with E-state index in [9.17, 15) is 0 Å². The molecule has 1 aliphatic rings. The highest BCUT2D eigenvalue weighted by molar-refractivity contribution is 6.25. The van der Waals surface area contributed by atoms with Crippen LogP contribution in [0.3, 0.4) is 0 Å². The lowest BCUT2D eigenvalue weighted by Gasteiger charge is -2.35. The number of morpholine rings is 1. The van der Waals surface area contributed by atoms with E-state index >= 15 is 0 Å². The van der Waals surface area contributed by atoms with Crippen molar-refractivity contribution in [3.8, 4) is 0 Å². The fraction of sp³-hybridized carbons (Fsp3) is 0.818. The molecule has 15 heavy (non-hydrogen) atoms. The second-order valence-corrected chi connectivity index (χ2v) is 4.40. The van der Waals surface area contributed by atoms with E-state index in [1.807, 2.05) is 6.08 Å². The van der Waals surface area contributed by atoms with Crippen LogP contribution in [0.25, 0.3) is 0 Å². The van der Waals surface area contributed by atoms with Gasteiger partial charge in [-0.05, 0) is 0 Å². The predicted octanol–water partition coefficient (Wildman–Crippen LogP) is 1.44. The molecule has 0 aromatic carbocycles. The molecule has 0 spiro atoms. The molecule has 1 rings (SSSR count). The van der Waals surface area contributed by atoms with Crippen molar-refractivity contribution in [3.05, 3.63) is 11.6 Å². The summed E-state index contributed by atoms with van der Waals surface area (Å²) >= 11 is 5.54. The van der Waals surface area contributed by atoms with Crippen molar-refractivity contribution in [2.24, 2.45) is 0 Å². The zero-order valence-corrected chi connectivity index (χ0v) is 10.3. The fourth-order valence-corrected chi connectivity index (χ4v) is 1.74. The predicted molar refractivity (Wildman–Crippen MR) is 64.3 cm³/mol. The standard InChI is InChI=1S/C11H21ClN2O/c1-10(2)13-8-11-9-15-7-6-14(11)5-3-4-12/h3-4,10-11,13H,5-9H2,1-2H3/b4-3+. The maximum atomic E-state index is 5.54. The van der Waals surface area contributed by atoms with Crippen molar-refractivity contribution >= 4 is 11.6 Å².